The highest BCUT2D eigenvalue weighted by Crippen LogP contribution is 2.51. The molecule has 10 rings (SSSR count). The number of nitrogens with zero attached hydrogens (tertiary/aromatic N) is 2. The van der Waals surface area contributed by atoms with E-state index in [4.69, 9.17) is 0 Å². The average molecular weight is 533 g/mol. The second-order valence-electron chi connectivity index (χ2n) is 11.3. The molecule has 0 fully saturated rings. The molecule has 7 aromatic carbocycles. The molecule has 0 saturated carbocycles. The molecule has 0 amide bonds. The first-order chi connectivity index (χ1) is 20.9. The minimum Gasteiger partial charge on any atom is -0.309 e. The van der Waals surface area contributed by atoms with Crippen molar-refractivity contribution in [1.29, 1.82) is 0 Å². The Morgan fingerprint density at radius 1 is 0.310 bits per heavy atom. The topological polar surface area (TPSA) is 9.86 Å². The van der Waals surface area contributed by atoms with Gasteiger partial charge in [0.15, 0.2) is 0 Å². The van der Waals surface area contributed by atoms with Crippen LogP contribution >= 0.6 is 0 Å². The van der Waals surface area contributed by atoms with Crippen molar-refractivity contribution < 1.29 is 0 Å². The smallest absolute Gasteiger partial charge is 0.0620 e. The van der Waals surface area contributed by atoms with Crippen molar-refractivity contribution in [3.8, 4) is 33.6 Å². The third-order valence-electron chi connectivity index (χ3n) is 9.23. The van der Waals surface area contributed by atoms with Crippen LogP contribution in [-0.4, -0.2) is 9.13 Å². The predicted octanol–water partition coefficient (Wildman–Crippen LogP) is 10.7. The summed E-state index contributed by atoms with van der Waals surface area (Å²) in [5, 5.41) is 7.79. The van der Waals surface area contributed by atoms with Crippen molar-refractivity contribution in [2.45, 2.75) is 0 Å². The zero-order valence-electron chi connectivity index (χ0n) is 22.8. The molecular weight excluding hydrogens is 508 g/mol. The Kier molecular flexibility index (Phi) is 4.21. The van der Waals surface area contributed by atoms with E-state index in [-0.39, 0.29) is 0 Å². The molecule has 1 aliphatic carbocycles. The molecule has 2 heterocycles. The number of para-hydroxylation sites is 3. The van der Waals surface area contributed by atoms with Gasteiger partial charge in [-0.2, -0.15) is 0 Å². The Morgan fingerprint density at radius 3 is 1.48 bits per heavy atom. The number of hydrogen-bond acceptors (Lipinski definition) is 0. The Bertz CT molecular complexity index is 2520. The van der Waals surface area contributed by atoms with Crippen molar-refractivity contribution in [3.63, 3.8) is 0 Å². The SMILES string of the molecule is c1cc(-n2c3ccccc3c3ccccc32)cc(-n2c3ccccc3c3cc4c5c(cccc5c32)-c2ccccc2-4)c1. The summed E-state index contributed by atoms with van der Waals surface area (Å²) in [7, 11) is 0. The summed E-state index contributed by atoms with van der Waals surface area (Å²) in [5.41, 5.74) is 12.6. The minimum atomic E-state index is 1.16. The Labute approximate surface area is 242 Å². The summed E-state index contributed by atoms with van der Waals surface area (Å²) in [6.45, 7) is 0. The molecule has 9 aromatic rings. The number of hydrogen-bond donors (Lipinski definition) is 0. The molecule has 42 heavy (non-hydrogen) atoms. The number of rotatable bonds is 2. The van der Waals surface area contributed by atoms with Crippen LogP contribution in [0.1, 0.15) is 0 Å². The van der Waals surface area contributed by atoms with Gasteiger partial charge in [-0.25, -0.2) is 0 Å². The van der Waals surface area contributed by atoms with Gasteiger partial charge in [0.2, 0.25) is 0 Å². The molecule has 0 saturated heterocycles. The summed E-state index contributed by atoms with van der Waals surface area (Å²) >= 11 is 0. The summed E-state index contributed by atoms with van der Waals surface area (Å²) in [6.07, 6.45) is 0. The molecule has 0 aliphatic heterocycles. The Morgan fingerprint density at radius 2 is 0.786 bits per heavy atom. The summed E-state index contributed by atoms with van der Waals surface area (Å²) in [6, 6.07) is 53.4. The maximum Gasteiger partial charge on any atom is 0.0620 e. The zero-order valence-corrected chi connectivity index (χ0v) is 22.8. The monoisotopic (exact) mass is 532 g/mol. The van der Waals surface area contributed by atoms with Crippen LogP contribution in [0.3, 0.4) is 0 Å². The highest BCUT2D eigenvalue weighted by atomic mass is 15.0. The van der Waals surface area contributed by atoms with Gasteiger partial charge in [0, 0.05) is 38.3 Å². The van der Waals surface area contributed by atoms with E-state index in [1.54, 1.807) is 0 Å². The molecule has 0 bridgehead atoms. The summed E-state index contributed by atoms with van der Waals surface area (Å²) in [5.74, 6) is 0. The lowest BCUT2D eigenvalue weighted by molar-refractivity contribution is 1.14. The van der Waals surface area contributed by atoms with E-state index in [9.17, 15) is 0 Å². The second-order valence-corrected chi connectivity index (χ2v) is 11.3. The standard InChI is InChI=1S/C40H24N2/c1-2-14-28-27(13-1)32-18-10-19-33-39(32)34(28)24-35-31-17-5-8-22-38(31)42(40(33)35)26-12-9-11-25(23-26)41-36-20-6-3-15-29(36)30-16-4-7-21-37(30)41/h1-24H. The highest BCUT2D eigenvalue weighted by molar-refractivity contribution is 6.27. The fourth-order valence-corrected chi connectivity index (χ4v) is 7.56. The molecule has 0 radical (unpaired) electrons. The van der Waals surface area contributed by atoms with Crippen molar-refractivity contribution in [2.75, 3.05) is 0 Å². The second kappa shape index (κ2) is 7.99. The van der Waals surface area contributed by atoms with Crippen molar-refractivity contribution in [2.24, 2.45) is 0 Å². The maximum absolute atomic E-state index is 2.48. The van der Waals surface area contributed by atoms with E-state index in [1.165, 1.54) is 76.6 Å². The molecular formula is C40H24N2. The first kappa shape index (κ1) is 22.1. The minimum absolute atomic E-state index is 1.16. The molecule has 0 unspecified atom stereocenters. The van der Waals surface area contributed by atoms with Crippen LogP contribution in [0.5, 0.6) is 0 Å². The van der Waals surface area contributed by atoms with Crippen molar-refractivity contribution >= 4 is 54.4 Å². The molecule has 0 spiro atoms. The molecule has 2 heteroatoms. The first-order valence-corrected chi connectivity index (χ1v) is 14.5. The van der Waals surface area contributed by atoms with Gasteiger partial charge in [0.25, 0.3) is 0 Å². The van der Waals surface area contributed by atoms with E-state index < -0.39 is 0 Å². The summed E-state index contributed by atoms with van der Waals surface area (Å²) < 4.78 is 4.88. The van der Waals surface area contributed by atoms with Crippen LogP contribution in [0.4, 0.5) is 0 Å². The summed E-state index contributed by atoms with van der Waals surface area (Å²) in [4.78, 5) is 0. The Hall–Kier alpha value is -5.60. The Balaban J connectivity index is 1.32. The van der Waals surface area contributed by atoms with E-state index in [1.807, 2.05) is 0 Å². The lowest BCUT2D eigenvalue weighted by Gasteiger charge is -2.14. The highest BCUT2D eigenvalue weighted by Gasteiger charge is 2.25. The van der Waals surface area contributed by atoms with Crippen LogP contribution in [0, 0.1) is 0 Å². The predicted molar refractivity (Wildman–Crippen MR) is 177 cm³/mol. The molecule has 2 aromatic heterocycles. The van der Waals surface area contributed by atoms with Crippen LogP contribution < -0.4 is 0 Å². The van der Waals surface area contributed by atoms with E-state index >= 15 is 0 Å². The first-order valence-electron chi connectivity index (χ1n) is 14.5. The van der Waals surface area contributed by atoms with Gasteiger partial charge in [-0.1, -0.05) is 103 Å². The van der Waals surface area contributed by atoms with Gasteiger partial charge in [0.05, 0.1) is 22.1 Å². The number of fused-ring (bicyclic) bond motifs is 10. The van der Waals surface area contributed by atoms with Gasteiger partial charge in [-0.15, -0.1) is 0 Å². The molecule has 0 atom stereocenters. The molecule has 2 nitrogen and oxygen atoms in total. The molecule has 1 aliphatic rings. The quantitative estimate of drug-likeness (QED) is 0.210. The van der Waals surface area contributed by atoms with Gasteiger partial charge in [-0.3, -0.25) is 0 Å². The molecule has 194 valence electrons. The van der Waals surface area contributed by atoms with Crippen molar-refractivity contribution in [1.82, 2.24) is 9.13 Å². The van der Waals surface area contributed by atoms with Gasteiger partial charge in [-0.05, 0) is 70.1 Å². The van der Waals surface area contributed by atoms with Gasteiger partial charge in [0.1, 0.15) is 0 Å². The fourth-order valence-electron chi connectivity index (χ4n) is 7.56. The normalized spacial score (nSPS) is 12.3. The maximum atomic E-state index is 2.48. The lowest BCUT2D eigenvalue weighted by atomic mass is 9.99. The largest absolute Gasteiger partial charge is 0.309 e. The molecule has 0 N–H and O–H groups in total. The van der Waals surface area contributed by atoms with Gasteiger partial charge >= 0.3 is 0 Å². The van der Waals surface area contributed by atoms with E-state index in [0.717, 1.165) is 11.4 Å². The van der Waals surface area contributed by atoms with Crippen LogP contribution in [0.2, 0.25) is 0 Å². The number of aromatic nitrogens is 2. The van der Waals surface area contributed by atoms with Gasteiger partial charge < -0.3 is 9.13 Å². The lowest BCUT2D eigenvalue weighted by Crippen LogP contribution is -1.99. The third kappa shape index (κ3) is 2.74. The third-order valence-corrected chi connectivity index (χ3v) is 9.23. The van der Waals surface area contributed by atoms with Crippen LogP contribution in [0.25, 0.3) is 88.0 Å². The fraction of sp³-hybridized carbons (Fsp3) is 0. The van der Waals surface area contributed by atoms with E-state index in [0.29, 0.717) is 0 Å². The average Bonchev–Trinajstić information content (AvgIpc) is 3.69. The van der Waals surface area contributed by atoms with Crippen LogP contribution in [0.15, 0.2) is 146 Å². The van der Waals surface area contributed by atoms with E-state index in [2.05, 4.69) is 155 Å². The van der Waals surface area contributed by atoms with Crippen LogP contribution in [-0.2, 0) is 0 Å². The zero-order chi connectivity index (χ0) is 27.4. The number of benzene rings is 7. The van der Waals surface area contributed by atoms with Crippen molar-refractivity contribution in [3.05, 3.63) is 146 Å².